The Morgan fingerprint density at radius 2 is 1.57 bits per heavy atom. The van der Waals surface area contributed by atoms with Crippen LogP contribution in [0.25, 0.3) is 0 Å². The zero-order valence-electron chi connectivity index (χ0n) is 13.1. The summed E-state index contributed by atoms with van der Waals surface area (Å²) in [7, 11) is 1.64. The van der Waals surface area contributed by atoms with Crippen LogP contribution in [0.4, 0.5) is 0 Å². The van der Waals surface area contributed by atoms with E-state index in [0.717, 1.165) is 29.7 Å². The Hall–Kier alpha value is -2.73. The van der Waals surface area contributed by atoms with Crippen LogP contribution >= 0.6 is 0 Å². The average Bonchev–Trinajstić information content (AvgIpc) is 2.57. The maximum atomic E-state index is 12.0. The smallest absolute Gasteiger partial charge is 0.251 e. The van der Waals surface area contributed by atoms with Crippen molar-refractivity contribution in [2.45, 2.75) is 25.3 Å². The van der Waals surface area contributed by atoms with Gasteiger partial charge in [0.2, 0.25) is 0 Å². The molecule has 1 amide bonds. The molecule has 2 aromatic carbocycles. The Balaban J connectivity index is 1.64. The molecule has 0 atom stereocenters. The van der Waals surface area contributed by atoms with E-state index in [0.29, 0.717) is 11.6 Å². The summed E-state index contributed by atoms with van der Waals surface area (Å²) in [6.45, 7) is 0. The molecule has 1 N–H and O–H groups in total. The van der Waals surface area contributed by atoms with E-state index in [4.69, 9.17) is 4.74 Å². The summed E-state index contributed by atoms with van der Waals surface area (Å²) in [5, 5.41) is 3.03. The topological polar surface area (TPSA) is 38.3 Å². The molecule has 0 saturated heterocycles. The first kappa shape index (κ1) is 15.2. The van der Waals surface area contributed by atoms with Crippen molar-refractivity contribution in [1.29, 1.82) is 0 Å². The minimum atomic E-state index is 0.00404. The molecule has 23 heavy (non-hydrogen) atoms. The molecule has 1 fully saturated rings. The highest BCUT2D eigenvalue weighted by Gasteiger charge is 2.19. The summed E-state index contributed by atoms with van der Waals surface area (Å²) in [6.07, 6.45) is 3.40. The van der Waals surface area contributed by atoms with Gasteiger partial charge < -0.3 is 10.1 Å². The van der Waals surface area contributed by atoms with Crippen molar-refractivity contribution >= 4 is 5.91 Å². The van der Waals surface area contributed by atoms with Gasteiger partial charge in [-0.1, -0.05) is 11.8 Å². The van der Waals surface area contributed by atoms with Crippen molar-refractivity contribution in [3.8, 4) is 17.6 Å². The van der Waals surface area contributed by atoms with E-state index in [9.17, 15) is 4.79 Å². The summed E-state index contributed by atoms with van der Waals surface area (Å²) < 4.78 is 5.12. The number of ether oxygens (including phenoxy) is 1. The second kappa shape index (κ2) is 7.02. The van der Waals surface area contributed by atoms with E-state index in [-0.39, 0.29) is 5.91 Å². The van der Waals surface area contributed by atoms with Gasteiger partial charge in [-0.25, -0.2) is 0 Å². The van der Waals surface area contributed by atoms with Gasteiger partial charge in [-0.2, -0.15) is 0 Å². The zero-order chi connectivity index (χ0) is 16.1. The van der Waals surface area contributed by atoms with Crippen molar-refractivity contribution in [2.24, 2.45) is 0 Å². The van der Waals surface area contributed by atoms with E-state index >= 15 is 0 Å². The van der Waals surface area contributed by atoms with Crippen molar-refractivity contribution in [3.05, 3.63) is 65.2 Å². The second-order valence-electron chi connectivity index (χ2n) is 5.66. The number of amides is 1. The standard InChI is InChI=1S/C20H19NO2/c1-23-19-13-9-16(10-14-19)6-5-15-7-11-17(12-8-15)20(22)21-18-3-2-4-18/h7-14,18H,2-4H2,1H3,(H,21,22). The van der Waals surface area contributed by atoms with Gasteiger partial charge in [0.15, 0.2) is 0 Å². The van der Waals surface area contributed by atoms with Crippen LogP contribution in [0.1, 0.15) is 40.7 Å². The van der Waals surface area contributed by atoms with Crippen LogP contribution in [0.3, 0.4) is 0 Å². The summed E-state index contributed by atoms with van der Waals surface area (Å²) in [4.78, 5) is 12.0. The number of carbonyl (C=O) groups is 1. The fourth-order valence-electron chi connectivity index (χ4n) is 2.34. The molecule has 1 saturated carbocycles. The monoisotopic (exact) mass is 305 g/mol. The quantitative estimate of drug-likeness (QED) is 0.883. The third-order valence-electron chi connectivity index (χ3n) is 4.03. The maximum absolute atomic E-state index is 12.0. The van der Waals surface area contributed by atoms with Gasteiger partial charge >= 0.3 is 0 Å². The van der Waals surface area contributed by atoms with Gasteiger partial charge in [-0.3, -0.25) is 4.79 Å². The SMILES string of the molecule is COc1ccc(C#Cc2ccc(C(=O)NC3CCC3)cc2)cc1. The Morgan fingerprint density at radius 3 is 2.04 bits per heavy atom. The lowest BCUT2D eigenvalue weighted by Crippen LogP contribution is -2.39. The third kappa shape index (κ3) is 3.92. The predicted molar refractivity (Wildman–Crippen MR) is 90.5 cm³/mol. The van der Waals surface area contributed by atoms with Crippen LogP contribution in [0.15, 0.2) is 48.5 Å². The van der Waals surface area contributed by atoms with Crippen molar-refractivity contribution < 1.29 is 9.53 Å². The van der Waals surface area contributed by atoms with Gasteiger partial charge in [-0.15, -0.1) is 0 Å². The van der Waals surface area contributed by atoms with E-state index in [1.165, 1.54) is 6.42 Å². The van der Waals surface area contributed by atoms with Crippen LogP contribution in [0.2, 0.25) is 0 Å². The number of methoxy groups -OCH3 is 1. The summed E-state index contributed by atoms with van der Waals surface area (Å²) in [5.74, 6) is 7.03. The lowest BCUT2D eigenvalue weighted by atomic mass is 9.93. The average molecular weight is 305 g/mol. The first-order valence-electron chi connectivity index (χ1n) is 7.81. The van der Waals surface area contributed by atoms with Crippen LogP contribution < -0.4 is 10.1 Å². The maximum Gasteiger partial charge on any atom is 0.251 e. The molecule has 1 aliphatic carbocycles. The van der Waals surface area contributed by atoms with Gasteiger partial charge in [0, 0.05) is 22.7 Å². The molecule has 0 bridgehead atoms. The second-order valence-corrected chi connectivity index (χ2v) is 5.66. The van der Waals surface area contributed by atoms with Crippen LogP contribution in [0.5, 0.6) is 5.75 Å². The highest BCUT2D eigenvalue weighted by atomic mass is 16.5. The first-order valence-corrected chi connectivity index (χ1v) is 7.81. The third-order valence-corrected chi connectivity index (χ3v) is 4.03. The van der Waals surface area contributed by atoms with Crippen LogP contribution in [0, 0.1) is 11.8 Å². The predicted octanol–water partition coefficient (Wildman–Crippen LogP) is 3.38. The van der Waals surface area contributed by atoms with Gasteiger partial charge in [-0.05, 0) is 67.8 Å². The molecule has 1 aliphatic rings. The molecular weight excluding hydrogens is 286 g/mol. The Bertz CT molecular complexity index is 732. The number of carbonyl (C=O) groups excluding carboxylic acids is 1. The number of benzene rings is 2. The van der Waals surface area contributed by atoms with Gasteiger partial charge in [0.05, 0.1) is 7.11 Å². The number of nitrogens with one attached hydrogen (secondary N) is 1. The van der Waals surface area contributed by atoms with Gasteiger partial charge in [0.1, 0.15) is 5.75 Å². The molecule has 0 aliphatic heterocycles. The van der Waals surface area contributed by atoms with Crippen LogP contribution in [-0.4, -0.2) is 19.1 Å². The minimum Gasteiger partial charge on any atom is -0.497 e. The van der Waals surface area contributed by atoms with Crippen molar-refractivity contribution in [1.82, 2.24) is 5.32 Å². The fraction of sp³-hybridized carbons (Fsp3) is 0.250. The molecule has 3 rings (SSSR count). The van der Waals surface area contributed by atoms with E-state index in [2.05, 4.69) is 17.2 Å². The molecule has 3 nitrogen and oxygen atoms in total. The van der Waals surface area contributed by atoms with Crippen molar-refractivity contribution in [2.75, 3.05) is 7.11 Å². The molecule has 0 aromatic heterocycles. The first-order chi connectivity index (χ1) is 11.2. The highest BCUT2D eigenvalue weighted by molar-refractivity contribution is 5.94. The summed E-state index contributed by atoms with van der Waals surface area (Å²) >= 11 is 0. The molecule has 0 unspecified atom stereocenters. The van der Waals surface area contributed by atoms with E-state index < -0.39 is 0 Å². The largest absolute Gasteiger partial charge is 0.497 e. The normalized spacial score (nSPS) is 13.4. The summed E-state index contributed by atoms with van der Waals surface area (Å²) in [6, 6.07) is 15.4. The lowest BCUT2D eigenvalue weighted by Gasteiger charge is -2.26. The molecule has 0 spiro atoms. The molecule has 116 valence electrons. The Kier molecular flexibility index (Phi) is 4.63. The zero-order valence-corrected chi connectivity index (χ0v) is 13.1. The van der Waals surface area contributed by atoms with Gasteiger partial charge in [0.25, 0.3) is 5.91 Å². The molecule has 2 aromatic rings. The highest BCUT2D eigenvalue weighted by Crippen LogP contribution is 2.18. The van der Waals surface area contributed by atoms with Crippen LogP contribution in [-0.2, 0) is 0 Å². The molecule has 0 radical (unpaired) electrons. The summed E-state index contributed by atoms with van der Waals surface area (Å²) in [5.41, 5.74) is 2.51. The fourth-order valence-corrected chi connectivity index (χ4v) is 2.34. The lowest BCUT2D eigenvalue weighted by molar-refractivity contribution is 0.0917. The van der Waals surface area contributed by atoms with Crippen molar-refractivity contribution in [3.63, 3.8) is 0 Å². The van der Waals surface area contributed by atoms with E-state index in [1.54, 1.807) is 7.11 Å². The molecule has 3 heteroatoms. The molecular formula is C20H19NO2. The minimum absolute atomic E-state index is 0.00404. The molecule has 0 heterocycles. The Labute approximate surface area is 136 Å². The number of rotatable bonds is 3. The number of hydrogen-bond donors (Lipinski definition) is 1. The number of hydrogen-bond acceptors (Lipinski definition) is 2. The Morgan fingerprint density at radius 1 is 1.00 bits per heavy atom. The van der Waals surface area contributed by atoms with E-state index in [1.807, 2.05) is 48.5 Å².